The van der Waals surface area contributed by atoms with Gasteiger partial charge in [-0.05, 0) is 25.0 Å². The lowest BCUT2D eigenvalue weighted by molar-refractivity contribution is 0.238. The molecule has 1 aromatic carbocycles. The van der Waals surface area contributed by atoms with Crippen LogP contribution < -0.4 is 16.4 Å². The topological polar surface area (TPSA) is 67.2 Å². The molecule has 1 unspecified atom stereocenters. The van der Waals surface area contributed by atoms with Gasteiger partial charge < -0.3 is 16.4 Å². The highest BCUT2D eigenvalue weighted by atomic mass is 16.2. The zero-order valence-electron chi connectivity index (χ0n) is 9.79. The first kappa shape index (κ1) is 12.4. The van der Waals surface area contributed by atoms with Crippen LogP contribution in [0.1, 0.15) is 31.9 Å². The van der Waals surface area contributed by atoms with Crippen LogP contribution in [0.15, 0.2) is 24.3 Å². The lowest BCUT2D eigenvalue weighted by Gasteiger charge is -2.16. The number of nitrogen functional groups attached to an aromatic ring is 1. The fourth-order valence-electron chi connectivity index (χ4n) is 1.47. The summed E-state index contributed by atoms with van der Waals surface area (Å²) in [5.74, 6) is 0. The van der Waals surface area contributed by atoms with Crippen LogP contribution >= 0.6 is 0 Å². The van der Waals surface area contributed by atoms with E-state index in [4.69, 9.17) is 5.73 Å². The molecule has 4 N–H and O–H groups in total. The van der Waals surface area contributed by atoms with Crippen molar-refractivity contribution in [3.8, 4) is 0 Å². The van der Waals surface area contributed by atoms with E-state index < -0.39 is 0 Å². The van der Waals surface area contributed by atoms with E-state index in [1.165, 1.54) is 0 Å². The average molecular weight is 221 g/mol. The number of anilines is 1. The zero-order valence-corrected chi connectivity index (χ0v) is 9.79. The van der Waals surface area contributed by atoms with E-state index in [1.807, 2.05) is 38.1 Å². The third-order valence-electron chi connectivity index (χ3n) is 2.35. The second kappa shape index (κ2) is 6.00. The minimum absolute atomic E-state index is 0.0851. The molecule has 0 fully saturated rings. The molecule has 1 aromatic rings. The standard InChI is InChI=1S/C12H19N3O/c1-3-8-14-12(16)15-9(2)10-6-4-5-7-11(10)13/h4-7,9H,3,8,13H2,1-2H3,(H2,14,15,16). The third kappa shape index (κ3) is 3.46. The maximum absolute atomic E-state index is 11.4. The van der Waals surface area contributed by atoms with Gasteiger partial charge >= 0.3 is 6.03 Å². The van der Waals surface area contributed by atoms with E-state index in [0.717, 1.165) is 12.0 Å². The van der Waals surface area contributed by atoms with Gasteiger partial charge in [-0.3, -0.25) is 0 Å². The van der Waals surface area contributed by atoms with Gasteiger partial charge in [0, 0.05) is 12.2 Å². The summed E-state index contributed by atoms with van der Waals surface area (Å²) in [6.45, 7) is 4.61. The summed E-state index contributed by atoms with van der Waals surface area (Å²) < 4.78 is 0. The van der Waals surface area contributed by atoms with E-state index in [0.29, 0.717) is 12.2 Å². The molecule has 2 amide bonds. The Kier molecular flexibility index (Phi) is 4.64. The first-order chi connectivity index (χ1) is 7.65. The Hall–Kier alpha value is -1.71. The van der Waals surface area contributed by atoms with Crippen LogP contribution in [-0.4, -0.2) is 12.6 Å². The van der Waals surface area contributed by atoms with Gasteiger partial charge in [-0.25, -0.2) is 4.79 Å². The maximum Gasteiger partial charge on any atom is 0.315 e. The minimum Gasteiger partial charge on any atom is -0.398 e. The average Bonchev–Trinajstić information content (AvgIpc) is 2.26. The van der Waals surface area contributed by atoms with Crippen LogP contribution in [0.2, 0.25) is 0 Å². The number of benzene rings is 1. The molecule has 0 aliphatic carbocycles. The van der Waals surface area contributed by atoms with Gasteiger partial charge in [0.05, 0.1) is 6.04 Å². The highest BCUT2D eigenvalue weighted by Gasteiger charge is 2.10. The fraction of sp³-hybridized carbons (Fsp3) is 0.417. The Labute approximate surface area is 96.2 Å². The van der Waals surface area contributed by atoms with Crippen molar-refractivity contribution in [3.63, 3.8) is 0 Å². The number of rotatable bonds is 4. The molecule has 0 saturated carbocycles. The van der Waals surface area contributed by atoms with Crippen LogP contribution in [0.3, 0.4) is 0 Å². The van der Waals surface area contributed by atoms with Crippen LogP contribution in [0, 0.1) is 0 Å². The van der Waals surface area contributed by atoms with Crippen LogP contribution in [-0.2, 0) is 0 Å². The van der Waals surface area contributed by atoms with Crippen molar-refractivity contribution in [3.05, 3.63) is 29.8 Å². The molecule has 0 bridgehead atoms. The summed E-state index contributed by atoms with van der Waals surface area (Å²) >= 11 is 0. The Bertz CT molecular complexity index is 352. The number of para-hydroxylation sites is 1. The molecule has 1 atom stereocenters. The van der Waals surface area contributed by atoms with Gasteiger partial charge in [-0.1, -0.05) is 25.1 Å². The zero-order chi connectivity index (χ0) is 12.0. The van der Waals surface area contributed by atoms with Crippen molar-refractivity contribution in [2.24, 2.45) is 0 Å². The van der Waals surface area contributed by atoms with Crippen molar-refractivity contribution < 1.29 is 4.79 Å². The number of nitrogens with one attached hydrogen (secondary N) is 2. The third-order valence-corrected chi connectivity index (χ3v) is 2.35. The molecular formula is C12H19N3O. The monoisotopic (exact) mass is 221 g/mol. The maximum atomic E-state index is 11.4. The molecule has 0 aliphatic rings. The molecule has 88 valence electrons. The predicted molar refractivity (Wildman–Crippen MR) is 66.1 cm³/mol. The summed E-state index contributed by atoms with van der Waals surface area (Å²) in [7, 11) is 0. The van der Waals surface area contributed by atoms with E-state index in [9.17, 15) is 4.79 Å². The SMILES string of the molecule is CCCNC(=O)NC(C)c1ccccc1N. The first-order valence-corrected chi connectivity index (χ1v) is 5.54. The number of hydrogen-bond donors (Lipinski definition) is 3. The molecule has 0 heterocycles. The van der Waals surface area contributed by atoms with E-state index in [-0.39, 0.29) is 12.1 Å². The van der Waals surface area contributed by atoms with Crippen LogP contribution in [0.5, 0.6) is 0 Å². The summed E-state index contributed by atoms with van der Waals surface area (Å²) in [5, 5.41) is 5.60. The van der Waals surface area contributed by atoms with Crippen molar-refractivity contribution >= 4 is 11.7 Å². The normalized spacial score (nSPS) is 11.9. The highest BCUT2D eigenvalue weighted by molar-refractivity contribution is 5.74. The second-order valence-corrected chi connectivity index (χ2v) is 3.75. The number of hydrogen-bond acceptors (Lipinski definition) is 2. The molecule has 0 aliphatic heterocycles. The van der Waals surface area contributed by atoms with Gasteiger partial charge in [0.15, 0.2) is 0 Å². The van der Waals surface area contributed by atoms with Crippen molar-refractivity contribution in [2.45, 2.75) is 26.3 Å². The molecule has 1 rings (SSSR count). The van der Waals surface area contributed by atoms with Gasteiger partial charge in [0.2, 0.25) is 0 Å². The summed E-state index contributed by atoms with van der Waals surface area (Å²) in [6, 6.07) is 7.30. The van der Waals surface area contributed by atoms with Gasteiger partial charge in [-0.15, -0.1) is 0 Å². The van der Waals surface area contributed by atoms with E-state index in [1.54, 1.807) is 0 Å². The Morgan fingerprint density at radius 3 is 2.75 bits per heavy atom. The van der Waals surface area contributed by atoms with Gasteiger partial charge in [0.25, 0.3) is 0 Å². The Morgan fingerprint density at radius 1 is 1.44 bits per heavy atom. The Balaban J connectivity index is 2.55. The number of nitrogens with two attached hydrogens (primary N) is 1. The summed E-state index contributed by atoms with van der Waals surface area (Å²) in [6.07, 6.45) is 0.926. The predicted octanol–water partition coefficient (Wildman–Crippen LogP) is 2.04. The highest BCUT2D eigenvalue weighted by Crippen LogP contribution is 2.18. The summed E-state index contributed by atoms with van der Waals surface area (Å²) in [5.41, 5.74) is 7.46. The minimum atomic E-state index is -0.155. The molecule has 16 heavy (non-hydrogen) atoms. The van der Waals surface area contributed by atoms with E-state index in [2.05, 4.69) is 10.6 Å². The number of urea groups is 1. The smallest absolute Gasteiger partial charge is 0.315 e. The largest absolute Gasteiger partial charge is 0.398 e. The summed E-state index contributed by atoms with van der Waals surface area (Å²) in [4.78, 5) is 11.4. The number of carbonyl (C=O) groups excluding carboxylic acids is 1. The Morgan fingerprint density at radius 2 is 2.12 bits per heavy atom. The molecule has 4 nitrogen and oxygen atoms in total. The molecule has 0 radical (unpaired) electrons. The van der Waals surface area contributed by atoms with Crippen LogP contribution in [0.25, 0.3) is 0 Å². The molecule has 0 spiro atoms. The lowest BCUT2D eigenvalue weighted by Crippen LogP contribution is -2.37. The lowest BCUT2D eigenvalue weighted by atomic mass is 10.1. The second-order valence-electron chi connectivity index (χ2n) is 3.75. The molecule has 0 saturated heterocycles. The van der Waals surface area contributed by atoms with Crippen molar-refractivity contribution in [1.29, 1.82) is 0 Å². The van der Waals surface area contributed by atoms with Gasteiger partial charge in [-0.2, -0.15) is 0 Å². The van der Waals surface area contributed by atoms with Crippen molar-refractivity contribution in [2.75, 3.05) is 12.3 Å². The first-order valence-electron chi connectivity index (χ1n) is 5.54. The van der Waals surface area contributed by atoms with E-state index >= 15 is 0 Å². The van der Waals surface area contributed by atoms with Crippen molar-refractivity contribution in [1.82, 2.24) is 10.6 Å². The van der Waals surface area contributed by atoms with Crippen LogP contribution in [0.4, 0.5) is 10.5 Å². The molecule has 0 aromatic heterocycles. The quantitative estimate of drug-likeness (QED) is 0.681. The molecule has 4 heteroatoms. The number of carbonyl (C=O) groups is 1. The fourth-order valence-corrected chi connectivity index (χ4v) is 1.47. The van der Waals surface area contributed by atoms with Gasteiger partial charge in [0.1, 0.15) is 0 Å². The number of amides is 2. The molecular weight excluding hydrogens is 202 g/mol.